The smallest absolute Gasteiger partial charge is 0.387 e. The van der Waals surface area contributed by atoms with Gasteiger partial charge in [-0.1, -0.05) is 0 Å². The SMILES string of the molecule is CC(C)n1nc(-c2cncc(OC(F)F)c2)nc1C1C2CC(O)CC21. The molecular weight excluding hydrogens is 330 g/mol. The minimum atomic E-state index is -2.90. The molecule has 2 fully saturated rings. The van der Waals surface area contributed by atoms with Gasteiger partial charge in [0.2, 0.25) is 0 Å². The largest absolute Gasteiger partial charge is 0.433 e. The molecule has 2 aliphatic carbocycles. The Labute approximate surface area is 143 Å². The van der Waals surface area contributed by atoms with E-state index < -0.39 is 6.61 Å². The van der Waals surface area contributed by atoms with Gasteiger partial charge in [0.15, 0.2) is 5.82 Å². The number of nitrogens with zero attached hydrogens (tertiary/aromatic N) is 4. The Balaban J connectivity index is 1.64. The first-order chi connectivity index (χ1) is 11.9. The van der Waals surface area contributed by atoms with Crippen LogP contribution >= 0.6 is 0 Å². The van der Waals surface area contributed by atoms with Crippen LogP contribution in [0.5, 0.6) is 5.75 Å². The van der Waals surface area contributed by atoms with Crippen molar-refractivity contribution in [3.05, 3.63) is 24.3 Å². The number of hydrogen-bond acceptors (Lipinski definition) is 5. The number of ether oxygens (including phenoxy) is 1. The number of halogens is 2. The zero-order valence-electron chi connectivity index (χ0n) is 14.0. The van der Waals surface area contributed by atoms with Crippen LogP contribution in [0.3, 0.4) is 0 Å². The van der Waals surface area contributed by atoms with E-state index in [0.717, 1.165) is 18.7 Å². The summed E-state index contributed by atoms with van der Waals surface area (Å²) in [5.74, 6) is 2.61. The first-order valence-corrected chi connectivity index (χ1v) is 8.48. The predicted molar refractivity (Wildman–Crippen MR) is 85.2 cm³/mol. The highest BCUT2D eigenvalue weighted by molar-refractivity contribution is 5.55. The van der Waals surface area contributed by atoms with Crippen LogP contribution in [0, 0.1) is 11.8 Å². The summed E-state index contributed by atoms with van der Waals surface area (Å²) in [5.41, 5.74) is 0.546. The van der Waals surface area contributed by atoms with Crippen molar-refractivity contribution >= 4 is 0 Å². The van der Waals surface area contributed by atoms with Crippen LogP contribution in [0.1, 0.15) is 44.5 Å². The number of rotatable bonds is 5. The molecule has 1 N–H and O–H groups in total. The molecule has 2 atom stereocenters. The molecule has 6 nitrogen and oxygen atoms in total. The summed E-state index contributed by atoms with van der Waals surface area (Å²) in [5, 5.41) is 14.3. The van der Waals surface area contributed by atoms with E-state index in [0.29, 0.717) is 29.1 Å². The molecule has 2 aromatic heterocycles. The number of fused-ring (bicyclic) bond motifs is 1. The number of aliphatic hydroxyl groups is 1. The molecule has 0 spiro atoms. The summed E-state index contributed by atoms with van der Waals surface area (Å²) in [6.45, 7) is 1.17. The third-order valence-electron chi connectivity index (χ3n) is 5.06. The normalized spacial score (nSPS) is 27.8. The molecule has 2 heterocycles. The van der Waals surface area contributed by atoms with Crippen LogP contribution in [0.15, 0.2) is 18.5 Å². The van der Waals surface area contributed by atoms with E-state index in [9.17, 15) is 13.9 Å². The predicted octanol–water partition coefficient (Wildman–Crippen LogP) is 3.01. The van der Waals surface area contributed by atoms with Gasteiger partial charge in [-0.3, -0.25) is 4.98 Å². The lowest BCUT2D eigenvalue weighted by Gasteiger charge is -2.11. The minimum absolute atomic E-state index is 0.0126. The summed E-state index contributed by atoms with van der Waals surface area (Å²) in [4.78, 5) is 8.62. The van der Waals surface area contributed by atoms with E-state index in [1.807, 2.05) is 18.5 Å². The topological polar surface area (TPSA) is 73.1 Å². The van der Waals surface area contributed by atoms with Gasteiger partial charge in [0.25, 0.3) is 0 Å². The maximum Gasteiger partial charge on any atom is 0.387 e. The van der Waals surface area contributed by atoms with Crippen molar-refractivity contribution in [2.45, 2.75) is 51.4 Å². The molecule has 0 bridgehead atoms. The van der Waals surface area contributed by atoms with Crippen LogP contribution in [-0.2, 0) is 0 Å². The standard InChI is InChI=1S/C17H20F2N4O2/c1-8(2)23-16(14-12-4-10(24)5-13(12)14)21-15(22-23)9-3-11(7-20-6-9)25-17(18)19/h3,6-8,10,12-14,17,24H,4-5H2,1-2H3. The average molecular weight is 350 g/mol. The molecule has 2 unspecified atom stereocenters. The average Bonchev–Trinajstić information content (AvgIpc) is 2.91. The van der Waals surface area contributed by atoms with E-state index in [1.165, 1.54) is 12.3 Å². The van der Waals surface area contributed by atoms with E-state index >= 15 is 0 Å². The zero-order chi connectivity index (χ0) is 17.7. The fourth-order valence-corrected chi connectivity index (χ4v) is 3.97. The van der Waals surface area contributed by atoms with E-state index in [2.05, 4.69) is 19.8 Å². The van der Waals surface area contributed by atoms with Crippen molar-refractivity contribution in [1.82, 2.24) is 19.7 Å². The molecule has 8 heteroatoms. The zero-order valence-corrected chi connectivity index (χ0v) is 14.0. The highest BCUT2D eigenvalue weighted by Crippen LogP contribution is 2.62. The van der Waals surface area contributed by atoms with E-state index in [-0.39, 0.29) is 17.9 Å². The van der Waals surface area contributed by atoms with Gasteiger partial charge in [-0.15, -0.1) is 0 Å². The van der Waals surface area contributed by atoms with Gasteiger partial charge in [0.1, 0.15) is 11.6 Å². The Morgan fingerprint density at radius 3 is 2.60 bits per heavy atom. The summed E-state index contributed by atoms with van der Waals surface area (Å²) in [6.07, 6.45) is 4.21. The Kier molecular flexibility index (Phi) is 3.94. The highest BCUT2D eigenvalue weighted by atomic mass is 19.3. The van der Waals surface area contributed by atoms with Crippen molar-refractivity contribution < 1.29 is 18.6 Å². The number of aliphatic hydroxyl groups excluding tert-OH is 1. The highest BCUT2D eigenvalue weighted by Gasteiger charge is 2.58. The number of alkyl halides is 2. The van der Waals surface area contributed by atoms with E-state index in [1.54, 1.807) is 6.20 Å². The summed E-state index contributed by atoms with van der Waals surface area (Å²) in [7, 11) is 0. The third kappa shape index (κ3) is 2.99. The quantitative estimate of drug-likeness (QED) is 0.897. The first kappa shape index (κ1) is 16.4. The lowest BCUT2D eigenvalue weighted by molar-refractivity contribution is -0.0500. The molecular formula is C17H20F2N4O2. The molecule has 4 rings (SSSR count). The lowest BCUT2D eigenvalue weighted by Crippen LogP contribution is -2.11. The van der Waals surface area contributed by atoms with Crippen molar-refractivity contribution in [1.29, 1.82) is 0 Å². The maximum absolute atomic E-state index is 12.4. The van der Waals surface area contributed by atoms with Gasteiger partial charge in [-0.25, -0.2) is 9.67 Å². The number of hydrogen-bond donors (Lipinski definition) is 1. The summed E-state index contributed by atoms with van der Waals surface area (Å²) >= 11 is 0. The van der Waals surface area contributed by atoms with Crippen LogP contribution in [0.2, 0.25) is 0 Å². The molecule has 2 saturated carbocycles. The Morgan fingerprint density at radius 2 is 1.96 bits per heavy atom. The molecule has 0 amide bonds. The lowest BCUT2D eigenvalue weighted by atomic mass is 10.1. The second kappa shape index (κ2) is 6.01. The first-order valence-electron chi connectivity index (χ1n) is 8.48. The Morgan fingerprint density at radius 1 is 1.24 bits per heavy atom. The van der Waals surface area contributed by atoms with Gasteiger partial charge < -0.3 is 9.84 Å². The van der Waals surface area contributed by atoms with E-state index in [4.69, 9.17) is 0 Å². The van der Waals surface area contributed by atoms with Gasteiger partial charge in [-0.2, -0.15) is 13.9 Å². The molecule has 0 saturated heterocycles. The molecule has 25 heavy (non-hydrogen) atoms. The van der Waals surface area contributed by atoms with Crippen molar-refractivity contribution in [2.24, 2.45) is 11.8 Å². The van der Waals surface area contributed by atoms with Crippen LogP contribution in [0.25, 0.3) is 11.4 Å². The molecule has 0 aliphatic heterocycles. The fourth-order valence-electron chi connectivity index (χ4n) is 3.97. The van der Waals surface area contributed by atoms with Crippen molar-refractivity contribution in [3.8, 4) is 17.1 Å². The van der Waals surface area contributed by atoms with Gasteiger partial charge >= 0.3 is 6.61 Å². The van der Waals surface area contributed by atoms with Gasteiger partial charge in [-0.05, 0) is 44.6 Å². The van der Waals surface area contributed by atoms with Gasteiger partial charge in [0.05, 0.1) is 12.3 Å². The van der Waals surface area contributed by atoms with Gasteiger partial charge in [0, 0.05) is 23.7 Å². The Hall–Kier alpha value is -2.09. The van der Waals surface area contributed by atoms with Crippen LogP contribution in [-0.4, -0.2) is 37.6 Å². The third-order valence-corrected chi connectivity index (χ3v) is 5.06. The molecule has 0 aromatic carbocycles. The molecule has 2 aliphatic rings. The Bertz CT molecular complexity index is 768. The fraction of sp³-hybridized carbons (Fsp3) is 0.588. The summed E-state index contributed by atoms with van der Waals surface area (Å²) < 4.78 is 31.1. The number of pyridine rings is 1. The second-order valence-electron chi connectivity index (χ2n) is 7.10. The molecule has 2 aromatic rings. The molecule has 0 radical (unpaired) electrons. The van der Waals surface area contributed by atoms with Crippen LogP contribution in [0.4, 0.5) is 8.78 Å². The van der Waals surface area contributed by atoms with Crippen molar-refractivity contribution in [2.75, 3.05) is 0 Å². The monoisotopic (exact) mass is 350 g/mol. The minimum Gasteiger partial charge on any atom is -0.433 e. The van der Waals surface area contributed by atoms with Crippen LogP contribution < -0.4 is 4.74 Å². The number of aromatic nitrogens is 4. The molecule has 134 valence electrons. The maximum atomic E-state index is 12.4. The van der Waals surface area contributed by atoms with Crippen molar-refractivity contribution in [3.63, 3.8) is 0 Å². The second-order valence-corrected chi connectivity index (χ2v) is 7.10. The summed E-state index contributed by atoms with van der Waals surface area (Å²) in [6, 6.07) is 1.61.